The van der Waals surface area contributed by atoms with Gasteiger partial charge in [-0.15, -0.1) is 0 Å². The van der Waals surface area contributed by atoms with Crippen LogP contribution in [-0.2, 0) is 11.4 Å². The van der Waals surface area contributed by atoms with E-state index in [0.29, 0.717) is 38.0 Å². The number of hydrogen-bond acceptors (Lipinski definition) is 7. The molecule has 0 bridgehead atoms. The number of carbonyl (C=O) groups is 1. The molecule has 172 valence electrons. The number of thiocarbonyl (C=S) groups is 1. The van der Waals surface area contributed by atoms with Crippen LogP contribution in [0.2, 0.25) is 5.02 Å². The molecule has 3 aromatic carbocycles. The van der Waals surface area contributed by atoms with Crippen molar-refractivity contribution in [3.05, 3.63) is 97.9 Å². The summed E-state index contributed by atoms with van der Waals surface area (Å²) in [7, 11) is 1.56. The van der Waals surface area contributed by atoms with Crippen molar-refractivity contribution in [3.8, 4) is 11.5 Å². The molecule has 1 amide bonds. The van der Waals surface area contributed by atoms with E-state index < -0.39 is 4.92 Å². The molecule has 0 aliphatic carbocycles. The Morgan fingerprint density at radius 3 is 2.44 bits per heavy atom. The van der Waals surface area contributed by atoms with E-state index >= 15 is 0 Å². The summed E-state index contributed by atoms with van der Waals surface area (Å²) >= 11 is 12.5. The topological polar surface area (TPSA) is 81.9 Å². The summed E-state index contributed by atoms with van der Waals surface area (Å²) in [5.74, 6) is 0.782. The van der Waals surface area contributed by atoms with Gasteiger partial charge in [0.05, 0.1) is 22.6 Å². The number of nitro groups is 1. The Kier molecular flexibility index (Phi) is 7.16. The second-order valence-corrected chi connectivity index (χ2v) is 9.23. The zero-order valence-electron chi connectivity index (χ0n) is 17.8. The largest absolute Gasteiger partial charge is 0.493 e. The number of hydrogen-bond donors (Lipinski definition) is 0. The third-order valence-corrected chi connectivity index (χ3v) is 6.46. The van der Waals surface area contributed by atoms with Gasteiger partial charge in [0, 0.05) is 17.2 Å². The number of ether oxygens (including phenoxy) is 2. The zero-order valence-corrected chi connectivity index (χ0v) is 20.2. The van der Waals surface area contributed by atoms with E-state index in [1.807, 2.05) is 18.2 Å². The minimum Gasteiger partial charge on any atom is -0.493 e. The molecule has 0 saturated carbocycles. The number of non-ortho nitro benzene ring substituents is 1. The normalized spacial score (nSPS) is 14.5. The summed E-state index contributed by atoms with van der Waals surface area (Å²) in [4.78, 5) is 25.2. The molecular formula is C24H17ClN2O5S2. The highest BCUT2D eigenvalue weighted by Crippen LogP contribution is 2.37. The molecule has 0 radical (unpaired) electrons. The summed E-state index contributed by atoms with van der Waals surface area (Å²) in [6.45, 7) is 0.319. The predicted molar refractivity (Wildman–Crippen MR) is 138 cm³/mol. The fraction of sp³-hybridized carbons (Fsp3) is 0.0833. The van der Waals surface area contributed by atoms with Gasteiger partial charge in [-0.2, -0.15) is 0 Å². The van der Waals surface area contributed by atoms with Crippen LogP contribution in [0.4, 0.5) is 11.4 Å². The van der Waals surface area contributed by atoms with Crippen molar-refractivity contribution in [1.29, 1.82) is 0 Å². The van der Waals surface area contributed by atoms with E-state index in [4.69, 9.17) is 33.3 Å². The third kappa shape index (κ3) is 5.22. The molecule has 1 saturated heterocycles. The molecule has 1 aliphatic heterocycles. The first-order valence-electron chi connectivity index (χ1n) is 9.93. The maximum absolute atomic E-state index is 13.0. The molecule has 0 spiro atoms. The van der Waals surface area contributed by atoms with Crippen LogP contribution >= 0.6 is 35.6 Å². The van der Waals surface area contributed by atoms with Gasteiger partial charge in [-0.25, -0.2) is 0 Å². The lowest BCUT2D eigenvalue weighted by Crippen LogP contribution is -2.27. The van der Waals surface area contributed by atoms with E-state index in [9.17, 15) is 14.9 Å². The number of rotatable bonds is 7. The van der Waals surface area contributed by atoms with Gasteiger partial charge >= 0.3 is 0 Å². The highest BCUT2D eigenvalue weighted by Gasteiger charge is 2.33. The van der Waals surface area contributed by atoms with Gasteiger partial charge < -0.3 is 9.47 Å². The second kappa shape index (κ2) is 10.3. The van der Waals surface area contributed by atoms with Crippen molar-refractivity contribution in [2.75, 3.05) is 12.0 Å². The van der Waals surface area contributed by atoms with Crippen molar-refractivity contribution < 1.29 is 19.2 Å². The van der Waals surface area contributed by atoms with Gasteiger partial charge in [0.25, 0.3) is 11.6 Å². The van der Waals surface area contributed by atoms with Crippen LogP contribution < -0.4 is 14.4 Å². The lowest BCUT2D eigenvalue weighted by molar-refractivity contribution is -0.384. The van der Waals surface area contributed by atoms with Crippen LogP contribution in [0, 0.1) is 10.1 Å². The summed E-state index contributed by atoms with van der Waals surface area (Å²) < 4.78 is 11.7. The maximum Gasteiger partial charge on any atom is 0.270 e. The Balaban J connectivity index is 1.55. The lowest BCUT2D eigenvalue weighted by atomic mass is 10.1. The van der Waals surface area contributed by atoms with E-state index in [2.05, 4.69) is 0 Å². The molecule has 0 unspecified atom stereocenters. The second-order valence-electron chi connectivity index (χ2n) is 7.12. The molecule has 1 fully saturated rings. The Hall–Kier alpha value is -3.40. The van der Waals surface area contributed by atoms with Crippen LogP contribution in [0.3, 0.4) is 0 Å². The molecule has 0 aromatic heterocycles. The van der Waals surface area contributed by atoms with Crippen LogP contribution in [0.5, 0.6) is 11.5 Å². The van der Waals surface area contributed by atoms with Crippen LogP contribution in [0.1, 0.15) is 11.1 Å². The molecule has 0 N–H and O–H groups in total. The summed E-state index contributed by atoms with van der Waals surface area (Å²) in [6.07, 6.45) is 1.72. The van der Waals surface area contributed by atoms with Crippen molar-refractivity contribution in [2.45, 2.75) is 6.61 Å². The van der Waals surface area contributed by atoms with E-state index in [0.717, 1.165) is 22.9 Å². The van der Waals surface area contributed by atoms with Crippen molar-refractivity contribution in [2.24, 2.45) is 0 Å². The standard InChI is InChI=1S/C24H17ClN2O5S2/c1-31-20-11-4-16(12-21(20)32-14-15-2-5-17(25)6-3-15)13-22-23(28)26(24(33)34-22)18-7-9-19(10-8-18)27(29)30/h2-13H,14H2,1H3/b22-13+. The number of amides is 1. The van der Waals surface area contributed by atoms with Crippen molar-refractivity contribution >= 4 is 63.3 Å². The number of nitro benzene ring substituents is 1. The summed E-state index contributed by atoms with van der Waals surface area (Å²) in [5.41, 5.74) is 2.09. The van der Waals surface area contributed by atoms with Gasteiger partial charge in [-0.1, -0.05) is 53.8 Å². The highest BCUT2D eigenvalue weighted by atomic mass is 35.5. The molecule has 1 heterocycles. The minimum absolute atomic E-state index is 0.0610. The maximum atomic E-state index is 13.0. The van der Waals surface area contributed by atoms with Gasteiger partial charge in [-0.3, -0.25) is 19.8 Å². The van der Waals surface area contributed by atoms with E-state index in [1.165, 1.54) is 29.2 Å². The van der Waals surface area contributed by atoms with Crippen molar-refractivity contribution in [1.82, 2.24) is 0 Å². The Labute approximate surface area is 210 Å². The number of benzene rings is 3. The monoisotopic (exact) mass is 512 g/mol. The molecular weight excluding hydrogens is 496 g/mol. The first kappa shape index (κ1) is 23.7. The average molecular weight is 513 g/mol. The molecule has 1 aliphatic rings. The third-order valence-electron chi connectivity index (χ3n) is 4.91. The number of methoxy groups -OCH3 is 1. The van der Waals surface area contributed by atoms with Gasteiger partial charge in [0.2, 0.25) is 0 Å². The fourth-order valence-electron chi connectivity index (χ4n) is 3.20. The Morgan fingerprint density at radius 1 is 1.09 bits per heavy atom. The number of anilines is 1. The highest BCUT2D eigenvalue weighted by molar-refractivity contribution is 8.27. The number of carbonyl (C=O) groups excluding carboxylic acids is 1. The van der Waals surface area contributed by atoms with E-state index in [-0.39, 0.29) is 11.6 Å². The first-order valence-corrected chi connectivity index (χ1v) is 11.5. The van der Waals surface area contributed by atoms with E-state index in [1.54, 1.807) is 37.5 Å². The van der Waals surface area contributed by atoms with Gasteiger partial charge in [-0.05, 0) is 53.6 Å². The molecule has 0 atom stereocenters. The first-order chi connectivity index (χ1) is 16.4. The van der Waals surface area contributed by atoms with Crippen LogP contribution in [0.15, 0.2) is 71.6 Å². The smallest absolute Gasteiger partial charge is 0.270 e. The van der Waals surface area contributed by atoms with Gasteiger partial charge in [0.15, 0.2) is 15.8 Å². The molecule has 10 heteroatoms. The predicted octanol–water partition coefficient (Wildman–Crippen LogP) is 6.24. The van der Waals surface area contributed by atoms with Crippen LogP contribution in [-0.4, -0.2) is 22.3 Å². The van der Waals surface area contributed by atoms with Gasteiger partial charge in [0.1, 0.15) is 6.61 Å². The minimum atomic E-state index is -0.496. The average Bonchev–Trinajstić information content (AvgIpc) is 3.11. The molecule has 4 rings (SSSR count). The zero-order chi connectivity index (χ0) is 24.2. The summed E-state index contributed by atoms with van der Waals surface area (Å²) in [5, 5.41) is 11.5. The molecule has 7 nitrogen and oxygen atoms in total. The quantitative estimate of drug-likeness (QED) is 0.160. The van der Waals surface area contributed by atoms with Crippen molar-refractivity contribution in [3.63, 3.8) is 0 Å². The molecule has 3 aromatic rings. The number of nitrogens with zero attached hydrogens (tertiary/aromatic N) is 2. The number of halogens is 1. The Bertz CT molecular complexity index is 1290. The number of thioether (sulfide) groups is 1. The van der Waals surface area contributed by atoms with Crippen LogP contribution in [0.25, 0.3) is 6.08 Å². The Morgan fingerprint density at radius 2 is 1.79 bits per heavy atom. The fourth-order valence-corrected chi connectivity index (χ4v) is 4.63. The summed E-state index contributed by atoms with van der Waals surface area (Å²) in [6, 6.07) is 18.4. The molecule has 34 heavy (non-hydrogen) atoms. The SMILES string of the molecule is COc1ccc(/C=C2/SC(=S)N(c3ccc([N+](=O)[O-])cc3)C2=O)cc1OCc1ccc(Cl)cc1. The lowest BCUT2D eigenvalue weighted by Gasteiger charge is -2.14.